The summed E-state index contributed by atoms with van der Waals surface area (Å²) < 4.78 is 1.62. The molecule has 2 heterocycles. The highest BCUT2D eigenvalue weighted by atomic mass is 16.4. The molecule has 1 aliphatic carbocycles. The van der Waals surface area contributed by atoms with Crippen molar-refractivity contribution < 1.29 is 14.7 Å². The van der Waals surface area contributed by atoms with Gasteiger partial charge in [0, 0.05) is 6.20 Å². The van der Waals surface area contributed by atoms with Crippen molar-refractivity contribution >= 4 is 23.4 Å². The van der Waals surface area contributed by atoms with Crippen LogP contribution in [0.5, 0.6) is 0 Å². The molecule has 1 saturated carbocycles. The number of carbonyl (C=O) groups is 2. The van der Waals surface area contributed by atoms with Crippen LogP contribution >= 0.6 is 0 Å². The fraction of sp³-hybridized carbons (Fsp3) is 0.389. The minimum Gasteiger partial charge on any atom is -0.478 e. The smallest absolute Gasteiger partial charge is 0.337 e. The molecule has 4 N–H and O–H groups in total. The number of hydrogen-bond donors (Lipinski definition) is 3. The molecule has 0 aliphatic heterocycles. The number of pyridine rings is 1. The van der Waals surface area contributed by atoms with Gasteiger partial charge >= 0.3 is 5.97 Å². The van der Waals surface area contributed by atoms with E-state index in [1.807, 2.05) is 0 Å². The summed E-state index contributed by atoms with van der Waals surface area (Å²) in [7, 11) is 0. The predicted molar refractivity (Wildman–Crippen MR) is 96.6 cm³/mol. The zero-order valence-corrected chi connectivity index (χ0v) is 14.8. The molecule has 2 atom stereocenters. The maximum Gasteiger partial charge on any atom is 0.337 e. The molecule has 140 valence electrons. The van der Waals surface area contributed by atoms with E-state index in [-0.39, 0.29) is 28.9 Å². The molecule has 0 bridgehead atoms. The summed E-state index contributed by atoms with van der Waals surface area (Å²) in [4.78, 5) is 27.2. The minimum atomic E-state index is -1.09. The summed E-state index contributed by atoms with van der Waals surface area (Å²) in [6.07, 6.45) is 6.58. The van der Waals surface area contributed by atoms with E-state index in [1.165, 1.54) is 12.3 Å². The number of aromatic carboxylic acids is 1. The van der Waals surface area contributed by atoms with E-state index in [2.05, 4.69) is 21.5 Å². The Morgan fingerprint density at radius 1 is 1.37 bits per heavy atom. The SMILES string of the molecule is Cc1ncc(Nc2nn(C3CCCCC3C#N)cc2C(N)=O)cc1C(=O)O. The van der Waals surface area contributed by atoms with Crippen LogP contribution in [0, 0.1) is 24.2 Å². The van der Waals surface area contributed by atoms with Crippen LogP contribution in [0.3, 0.4) is 0 Å². The molecule has 1 fully saturated rings. The zero-order valence-electron chi connectivity index (χ0n) is 14.8. The number of nitrogens with zero attached hydrogens (tertiary/aromatic N) is 4. The Hall–Kier alpha value is -3.41. The number of hydrogen-bond acceptors (Lipinski definition) is 6. The molecule has 0 aromatic carbocycles. The molecule has 3 rings (SSSR count). The van der Waals surface area contributed by atoms with Crippen LogP contribution in [0.2, 0.25) is 0 Å². The third-order valence-electron chi connectivity index (χ3n) is 4.81. The second-order valence-corrected chi connectivity index (χ2v) is 6.61. The molecular weight excluding hydrogens is 348 g/mol. The largest absolute Gasteiger partial charge is 0.478 e. The highest BCUT2D eigenvalue weighted by Crippen LogP contribution is 2.34. The number of amides is 1. The first-order valence-corrected chi connectivity index (χ1v) is 8.66. The standard InChI is InChI=1S/C18H20N6O3/c1-10-13(18(26)27)6-12(8-21-10)22-17-14(16(20)25)9-24(23-17)15-5-3-2-4-11(15)7-19/h6,8-9,11,15H,2-5H2,1H3,(H2,20,25)(H,22,23)(H,26,27). The lowest BCUT2D eigenvalue weighted by molar-refractivity contribution is 0.0695. The fourth-order valence-corrected chi connectivity index (χ4v) is 3.37. The molecule has 2 unspecified atom stereocenters. The van der Waals surface area contributed by atoms with Crippen molar-refractivity contribution in [2.45, 2.75) is 38.6 Å². The average molecular weight is 368 g/mol. The number of carbonyl (C=O) groups excluding carboxylic acids is 1. The molecule has 1 aliphatic rings. The first-order chi connectivity index (χ1) is 12.9. The van der Waals surface area contributed by atoms with E-state index >= 15 is 0 Å². The van der Waals surface area contributed by atoms with E-state index in [0.717, 1.165) is 25.7 Å². The van der Waals surface area contributed by atoms with Gasteiger partial charge in [0.1, 0.15) is 5.56 Å². The zero-order chi connectivity index (χ0) is 19.6. The number of nitrogens with one attached hydrogen (secondary N) is 1. The van der Waals surface area contributed by atoms with Crippen LogP contribution < -0.4 is 11.1 Å². The number of aryl methyl sites for hydroxylation is 1. The third kappa shape index (κ3) is 3.74. The summed E-state index contributed by atoms with van der Waals surface area (Å²) in [5, 5.41) is 26.0. The van der Waals surface area contributed by atoms with E-state index in [0.29, 0.717) is 11.4 Å². The number of carboxylic acid groups (broad SMARTS) is 1. The fourth-order valence-electron chi connectivity index (χ4n) is 3.37. The summed E-state index contributed by atoms with van der Waals surface area (Å²) >= 11 is 0. The van der Waals surface area contributed by atoms with Crippen LogP contribution in [-0.4, -0.2) is 31.7 Å². The molecule has 27 heavy (non-hydrogen) atoms. The number of aromatic nitrogens is 3. The van der Waals surface area contributed by atoms with Crippen molar-refractivity contribution in [1.29, 1.82) is 5.26 Å². The number of rotatable bonds is 5. The normalized spacial score (nSPS) is 19.3. The van der Waals surface area contributed by atoms with Crippen LogP contribution in [-0.2, 0) is 0 Å². The van der Waals surface area contributed by atoms with Gasteiger partial charge in [-0.2, -0.15) is 10.4 Å². The van der Waals surface area contributed by atoms with Gasteiger partial charge in [0.15, 0.2) is 5.82 Å². The summed E-state index contributed by atoms with van der Waals surface area (Å²) in [6.45, 7) is 1.60. The topological polar surface area (TPSA) is 147 Å². The Labute approximate surface area is 155 Å². The summed E-state index contributed by atoms with van der Waals surface area (Å²) in [5.41, 5.74) is 6.46. The second kappa shape index (κ2) is 7.45. The van der Waals surface area contributed by atoms with Gasteiger partial charge in [-0.15, -0.1) is 0 Å². The van der Waals surface area contributed by atoms with Crippen LogP contribution in [0.15, 0.2) is 18.5 Å². The van der Waals surface area contributed by atoms with E-state index < -0.39 is 11.9 Å². The summed E-state index contributed by atoms with van der Waals surface area (Å²) in [5.74, 6) is -1.71. The Kier molecular flexibility index (Phi) is 5.07. The first kappa shape index (κ1) is 18.4. The Morgan fingerprint density at radius 2 is 2.11 bits per heavy atom. The lowest BCUT2D eigenvalue weighted by Gasteiger charge is -2.26. The molecule has 0 saturated heterocycles. The van der Waals surface area contributed by atoms with Crippen molar-refractivity contribution in [3.63, 3.8) is 0 Å². The van der Waals surface area contributed by atoms with Crippen LogP contribution in [0.1, 0.15) is 58.1 Å². The minimum absolute atomic E-state index is 0.0527. The van der Waals surface area contributed by atoms with Crippen LogP contribution in [0.25, 0.3) is 0 Å². The van der Waals surface area contributed by atoms with Crippen molar-refractivity contribution in [2.24, 2.45) is 11.7 Å². The molecule has 2 aromatic rings. The Balaban J connectivity index is 1.95. The maximum atomic E-state index is 11.8. The number of anilines is 2. The van der Waals surface area contributed by atoms with Gasteiger partial charge in [0.25, 0.3) is 5.91 Å². The lowest BCUT2D eigenvalue weighted by Crippen LogP contribution is -2.22. The van der Waals surface area contributed by atoms with Crippen molar-refractivity contribution in [1.82, 2.24) is 14.8 Å². The lowest BCUT2D eigenvalue weighted by atomic mass is 9.85. The van der Waals surface area contributed by atoms with Gasteiger partial charge in [-0.25, -0.2) is 4.79 Å². The van der Waals surface area contributed by atoms with Gasteiger partial charge in [-0.1, -0.05) is 12.8 Å². The number of carboxylic acids is 1. The monoisotopic (exact) mass is 368 g/mol. The average Bonchev–Trinajstić information content (AvgIpc) is 3.07. The molecule has 9 nitrogen and oxygen atoms in total. The number of nitriles is 1. The van der Waals surface area contributed by atoms with Gasteiger partial charge in [-0.05, 0) is 25.8 Å². The second-order valence-electron chi connectivity index (χ2n) is 6.61. The van der Waals surface area contributed by atoms with Gasteiger partial charge < -0.3 is 16.2 Å². The van der Waals surface area contributed by atoms with E-state index in [4.69, 9.17) is 5.73 Å². The van der Waals surface area contributed by atoms with Crippen LogP contribution in [0.4, 0.5) is 11.5 Å². The Morgan fingerprint density at radius 3 is 2.78 bits per heavy atom. The maximum absolute atomic E-state index is 11.8. The highest BCUT2D eigenvalue weighted by molar-refractivity contribution is 5.98. The quantitative estimate of drug-likeness (QED) is 0.734. The molecule has 9 heteroatoms. The summed E-state index contributed by atoms with van der Waals surface area (Å²) in [6, 6.07) is 3.62. The van der Waals surface area contributed by atoms with Crippen molar-refractivity contribution in [2.75, 3.05) is 5.32 Å². The van der Waals surface area contributed by atoms with Gasteiger partial charge in [0.2, 0.25) is 0 Å². The molecule has 0 radical (unpaired) electrons. The number of primary amides is 1. The predicted octanol–water partition coefficient (Wildman–Crippen LogP) is 2.38. The molecular formula is C18H20N6O3. The Bertz CT molecular complexity index is 930. The third-order valence-corrected chi connectivity index (χ3v) is 4.81. The molecule has 1 amide bonds. The van der Waals surface area contributed by atoms with Gasteiger partial charge in [-0.3, -0.25) is 14.5 Å². The highest BCUT2D eigenvalue weighted by Gasteiger charge is 2.29. The first-order valence-electron chi connectivity index (χ1n) is 8.66. The van der Waals surface area contributed by atoms with E-state index in [1.54, 1.807) is 17.8 Å². The van der Waals surface area contributed by atoms with Crippen molar-refractivity contribution in [3.8, 4) is 6.07 Å². The van der Waals surface area contributed by atoms with E-state index in [9.17, 15) is 20.0 Å². The molecule has 0 spiro atoms. The van der Waals surface area contributed by atoms with Gasteiger partial charge in [0.05, 0.1) is 41.2 Å². The number of nitrogens with two attached hydrogens (primary N) is 1. The van der Waals surface area contributed by atoms with Crippen molar-refractivity contribution in [3.05, 3.63) is 35.3 Å². The molecule has 2 aromatic heterocycles.